The first kappa shape index (κ1) is 16.2. The highest BCUT2D eigenvalue weighted by Gasteiger charge is 2.30. The minimum Gasteiger partial charge on any atom is -0.497 e. The molecule has 1 atom stereocenters. The number of ether oxygens (including phenoxy) is 1. The van der Waals surface area contributed by atoms with Crippen molar-refractivity contribution in [3.05, 3.63) is 77.0 Å². The van der Waals surface area contributed by atoms with E-state index in [9.17, 15) is 4.79 Å². The molecule has 0 radical (unpaired) electrons. The van der Waals surface area contributed by atoms with Gasteiger partial charge in [-0.2, -0.15) is 0 Å². The van der Waals surface area contributed by atoms with Crippen molar-refractivity contribution in [1.29, 1.82) is 0 Å². The summed E-state index contributed by atoms with van der Waals surface area (Å²) in [7, 11) is 1.63. The summed E-state index contributed by atoms with van der Waals surface area (Å²) < 4.78 is 5.20. The van der Waals surface area contributed by atoms with Crippen LogP contribution in [0.4, 0.5) is 0 Å². The lowest BCUT2D eigenvalue weighted by atomic mass is 9.90. The van der Waals surface area contributed by atoms with Gasteiger partial charge in [-0.1, -0.05) is 42.5 Å². The topological polar surface area (TPSA) is 50.4 Å². The molecule has 0 aliphatic carbocycles. The molecule has 2 aromatic carbocycles. The van der Waals surface area contributed by atoms with Gasteiger partial charge in [-0.15, -0.1) is 0 Å². The third kappa shape index (κ3) is 3.16. The lowest BCUT2D eigenvalue weighted by Crippen LogP contribution is -2.44. The lowest BCUT2D eigenvalue weighted by molar-refractivity contribution is 0.102. The monoisotopic (exact) mass is 338 g/mol. The summed E-state index contributed by atoms with van der Waals surface area (Å²) in [6, 6.07) is 16.6. The number of Topliss-reactive ketones (excluding diaryl/α,β-unsaturated/α-hetero) is 1. The molecule has 24 heavy (non-hydrogen) atoms. The second-order valence-corrected chi connectivity index (χ2v) is 5.95. The maximum Gasteiger partial charge on any atom is 0.193 e. The maximum atomic E-state index is 13.0. The Labute approximate surface area is 146 Å². The summed E-state index contributed by atoms with van der Waals surface area (Å²) in [5.41, 5.74) is 3.05. The fourth-order valence-electron chi connectivity index (χ4n) is 2.79. The number of carbonyl (C=O) groups excluding carboxylic acids is 1. The minimum atomic E-state index is -0.294. The Morgan fingerprint density at radius 3 is 2.38 bits per heavy atom. The van der Waals surface area contributed by atoms with Gasteiger partial charge in [0.05, 0.1) is 13.2 Å². The molecule has 1 unspecified atom stereocenters. The van der Waals surface area contributed by atoms with Crippen molar-refractivity contribution >= 4 is 23.1 Å². The zero-order valence-electron chi connectivity index (χ0n) is 13.5. The molecule has 4 nitrogen and oxygen atoms in total. The van der Waals surface area contributed by atoms with Crippen LogP contribution in [0.25, 0.3) is 0 Å². The van der Waals surface area contributed by atoms with E-state index in [0.29, 0.717) is 16.2 Å². The lowest BCUT2D eigenvalue weighted by Gasteiger charge is -2.30. The van der Waals surface area contributed by atoms with Crippen LogP contribution in [-0.2, 0) is 0 Å². The standard InChI is InChI=1S/C19H18N2O2S/c1-12-16(18(22)14-6-4-3-5-7-14)17(21-19(24)20-12)13-8-10-15(23-2)11-9-13/h3-11,17H,1-2H3,(H2,20,21,24). The van der Waals surface area contributed by atoms with Crippen LogP contribution in [0.2, 0.25) is 0 Å². The average Bonchev–Trinajstić information content (AvgIpc) is 2.61. The molecular weight excluding hydrogens is 320 g/mol. The molecule has 3 rings (SSSR count). The van der Waals surface area contributed by atoms with Gasteiger partial charge in [-0.25, -0.2) is 0 Å². The normalized spacial score (nSPS) is 17.1. The van der Waals surface area contributed by atoms with Crippen LogP contribution in [0.1, 0.15) is 28.9 Å². The number of benzene rings is 2. The van der Waals surface area contributed by atoms with Gasteiger partial charge in [0.15, 0.2) is 10.9 Å². The summed E-state index contributed by atoms with van der Waals surface area (Å²) in [6.07, 6.45) is 0. The molecule has 0 saturated carbocycles. The molecule has 0 spiro atoms. The number of hydrogen-bond acceptors (Lipinski definition) is 3. The van der Waals surface area contributed by atoms with Crippen LogP contribution in [0, 0.1) is 0 Å². The minimum absolute atomic E-state index is 0.0172. The third-order valence-corrected chi connectivity index (χ3v) is 4.22. The maximum absolute atomic E-state index is 13.0. The van der Waals surface area contributed by atoms with Gasteiger partial charge in [0.1, 0.15) is 5.75 Å². The van der Waals surface area contributed by atoms with Gasteiger partial charge in [-0.3, -0.25) is 4.79 Å². The predicted molar refractivity (Wildman–Crippen MR) is 98.1 cm³/mol. The molecule has 2 aromatic rings. The summed E-state index contributed by atoms with van der Waals surface area (Å²) in [6.45, 7) is 1.87. The third-order valence-electron chi connectivity index (χ3n) is 4.00. The van der Waals surface area contributed by atoms with Crippen molar-refractivity contribution < 1.29 is 9.53 Å². The van der Waals surface area contributed by atoms with Gasteiger partial charge in [0.25, 0.3) is 0 Å². The summed E-state index contributed by atoms with van der Waals surface area (Å²) in [5.74, 6) is 0.753. The average molecular weight is 338 g/mol. The number of hydrogen-bond donors (Lipinski definition) is 2. The van der Waals surface area contributed by atoms with Crippen molar-refractivity contribution in [3.63, 3.8) is 0 Å². The van der Waals surface area contributed by atoms with Crippen molar-refractivity contribution in [1.82, 2.24) is 10.6 Å². The molecular formula is C19H18N2O2S. The van der Waals surface area contributed by atoms with E-state index in [1.54, 1.807) is 7.11 Å². The molecule has 0 fully saturated rings. The zero-order chi connectivity index (χ0) is 17.1. The van der Waals surface area contributed by atoms with Gasteiger partial charge in [-0.05, 0) is 36.8 Å². The van der Waals surface area contributed by atoms with Crippen LogP contribution >= 0.6 is 12.2 Å². The van der Waals surface area contributed by atoms with Crippen LogP contribution < -0.4 is 15.4 Å². The highest BCUT2D eigenvalue weighted by Crippen LogP contribution is 2.30. The van der Waals surface area contributed by atoms with E-state index >= 15 is 0 Å². The fourth-order valence-corrected chi connectivity index (χ4v) is 3.06. The zero-order valence-corrected chi connectivity index (χ0v) is 14.3. The Hall–Kier alpha value is -2.66. The van der Waals surface area contributed by atoms with Crippen molar-refractivity contribution in [2.24, 2.45) is 0 Å². The van der Waals surface area contributed by atoms with E-state index in [2.05, 4.69) is 10.6 Å². The van der Waals surface area contributed by atoms with Crippen LogP contribution in [0.5, 0.6) is 5.75 Å². The number of ketones is 1. The van der Waals surface area contributed by atoms with Crippen molar-refractivity contribution in [2.75, 3.05) is 7.11 Å². The van der Waals surface area contributed by atoms with Crippen molar-refractivity contribution in [2.45, 2.75) is 13.0 Å². The van der Waals surface area contributed by atoms with Crippen molar-refractivity contribution in [3.8, 4) is 5.75 Å². The Morgan fingerprint density at radius 2 is 1.75 bits per heavy atom. The van der Waals surface area contributed by atoms with E-state index in [0.717, 1.165) is 17.0 Å². The first-order valence-electron chi connectivity index (χ1n) is 7.62. The van der Waals surface area contributed by atoms with E-state index in [4.69, 9.17) is 17.0 Å². The summed E-state index contributed by atoms with van der Waals surface area (Å²) in [4.78, 5) is 13.0. The summed E-state index contributed by atoms with van der Waals surface area (Å²) in [5, 5.41) is 6.77. The molecule has 1 aliphatic rings. The first-order valence-corrected chi connectivity index (χ1v) is 8.03. The molecule has 5 heteroatoms. The predicted octanol–water partition coefficient (Wildman–Crippen LogP) is 3.37. The molecule has 0 amide bonds. The van der Waals surface area contributed by atoms with Gasteiger partial charge in [0.2, 0.25) is 0 Å². The molecule has 0 aromatic heterocycles. The smallest absolute Gasteiger partial charge is 0.193 e. The molecule has 1 heterocycles. The number of methoxy groups -OCH3 is 1. The van der Waals surface area contributed by atoms with E-state index < -0.39 is 0 Å². The number of thiocarbonyl (C=S) groups is 1. The first-order chi connectivity index (χ1) is 11.6. The van der Waals surface area contributed by atoms with Gasteiger partial charge < -0.3 is 15.4 Å². The molecule has 122 valence electrons. The highest BCUT2D eigenvalue weighted by atomic mass is 32.1. The fraction of sp³-hybridized carbons (Fsp3) is 0.158. The Bertz CT molecular complexity index is 798. The van der Waals surface area contributed by atoms with Gasteiger partial charge in [0, 0.05) is 16.8 Å². The second-order valence-electron chi connectivity index (χ2n) is 5.54. The number of carbonyl (C=O) groups is 1. The molecule has 0 bridgehead atoms. The van der Waals surface area contributed by atoms with E-state index in [1.807, 2.05) is 61.5 Å². The largest absolute Gasteiger partial charge is 0.497 e. The van der Waals surface area contributed by atoms with E-state index in [-0.39, 0.29) is 11.8 Å². The molecule has 2 N–H and O–H groups in total. The molecule has 1 aliphatic heterocycles. The molecule has 0 saturated heterocycles. The van der Waals surface area contributed by atoms with Crippen LogP contribution in [0.3, 0.4) is 0 Å². The van der Waals surface area contributed by atoms with Crippen LogP contribution in [0.15, 0.2) is 65.9 Å². The van der Waals surface area contributed by atoms with Crippen LogP contribution in [-0.4, -0.2) is 18.0 Å². The van der Waals surface area contributed by atoms with E-state index in [1.165, 1.54) is 0 Å². The quantitative estimate of drug-likeness (QED) is 0.661. The van der Waals surface area contributed by atoms with Gasteiger partial charge >= 0.3 is 0 Å². The summed E-state index contributed by atoms with van der Waals surface area (Å²) >= 11 is 5.27. The number of nitrogens with one attached hydrogen (secondary N) is 2. The number of rotatable bonds is 4. The highest BCUT2D eigenvalue weighted by molar-refractivity contribution is 7.80. The Balaban J connectivity index is 2.03. The Morgan fingerprint density at radius 1 is 1.08 bits per heavy atom. The number of allylic oxidation sites excluding steroid dienone is 1. The SMILES string of the molecule is COc1ccc(C2NC(=S)NC(C)=C2C(=O)c2ccccc2)cc1. The second kappa shape index (κ2) is 6.84. The Kier molecular flexibility index (Phi) is 4.62.